The summed E-state index contributed by atoms with van der Waals surface area (Å²) < 4.78 is 0. The number of benzene rings is 2. The first-order valence-electron chi connectivity index (χ1n) is 10.1. The molecule has 2 aromatic carbocycles. The van der Waals surface area contributed by atoms with Crippen molar-refractivity contribution in [3.8, 4) is 0 Å². The summed E-state index contributed by atoms with van der Waals surface area (Å²) in [6.45, 7) is 7.65. The Hall–Kier alpha value is -2.99. The minimum atomic E-state index is -0.335. The molecule has 6 nitrogen and oxygen atoms in total. The predicted octanol–water partition coefficient (Wildman–Crippen LogP) is 2.60. The third-order valence-corrected chi connectivity index (χ3v) is 5.31. The molecule has 0 saturated heterocycles. The molecule has 0 atom stereocenters. The average Bonchev–Trinajstić information content (AvgIpc) is 2.99. The number of imide groups is 1. The first-order valence-corrected chi connectivity index (χ1v) is 10.1. The van der Waals surface area contributed by atoms with Crippen LogP contribution in [0.2, 0.25) is 0 Å². The maximum atomic E-state index is 12.8. The Bertz CT molecular complexity index is 891. The monoisotopic (exact) mass is 393 g/mol. The van der Waals surface area contributed by atoms with Gasteiger partial charge in [-0.15, -0.1) is 0 Å². The number of amides is 3. The van der Waals surface area contributed by atoms with Crippen molar-refractivity contribution >= 4 is 17.7 Å². The number of likely N-dealkylation sites (N-methyl/N-ethyl adjacent to an activating group) is 1. The highest BCUT2D eigenvalue weighted by Crippen LogP contribution is 2.24. The molecule has 0 saturated carbocycles. The molecular formula is C23H27N3O3. The van der Waals surface area contributed by atoms with E-state index in [1.165, 1.54) is 11.0 Å². The van der Waals surface area contributed by atoms with Crippen LogP contribution < -0.4 is 5.32 Å². The summed E-state index contributed by atoms with van der Waals surface area (Å²) in [6.07, 6.45) is 0.602. The van der Waals surface area contributed by atoms with Gasteiger partial charge in [-0.1, -0.05) is 44.2 Å². The molecule has 0 aromatic heterocycles. The molecule has 6 heteroatoms. The minimum Gasteiger partial charge on any atom is -0.351 e. The fraction of sp³-hybridized carbons (Fsp3) is 0.348. The fourth-order valence-electron chi connectivity index (χ4n) is 3.49. The fourth-order valence-corrected chi connectivity index (χ4v) is 3.49. The lowest BCUT2D eigenvalue weighted by Crippen LogP contribution is -2.34. The third kappa shape index (κ3) is 4.71. The molecule has 0 bridgehead atoms. The van der Waals surface area contributed by atoms with Crippen LogP contribution in [0.4, 0.5) is 0 Å². The van der Waals surface area contributed by atoms with Crippen molar-refractivity contribution in [2.45, 2.75) is 20.3 Å². The van der Waals surface area contributed by atoms with Gasteiger partial charge in [0.1, 0.15) is 0 Å². The third-order valence-electron chi connectivity index (χ3n) is 5.31. The van der Waals surface area contributed by atoms with Crippen molar-refractivity contribution in [2.24, 2.45) is 0 Å². The molecule has 1 aliphatic heterocycles. The number of nitrogens with zero attached hydrogens (tertiary/aromatic N) is 2. The Morgan fingerprint density at radius 1 is 0.966 bits per heavy atom. The van der Waals surface area contributed by atoms with E-state index >= 15 is 0 Å². The number of carbonyl (C=O) groups is 3. The van der Waals surface area contributed by atoms with Gasteiger partial charge in [-0.3, -0.25) is 19.3 Å². The molecule has 1 aliphatic rings. The van der Waals surface area contributed by atoms with E-state index in [-0.39, 0.29) is 17.7 Å². The van der Waals surface area contributed by atoms with Gasteiger partial charge in [0, 0.05) is 25.2 Å². The quantitative estimate of drug-likeness (QED) is 0.665. The molecule has 0 unspecified atom stereocenters. The van der Waals surface area contributed by atoms with Crippen molar-refractivity contribution in [1.29, 1.82) is 0 Å². The largest absolute Gasteiger partial charge is 0.351 e. The van der Waals surface area contributed by atoms with E-state index in [1.54, 1.807) is 12.1 Å². The number of hydrogen-bond donors (Lipinski definition) is 1. The molecule has 3 amide bonds. The lowest BCUT2D eigenvalue weighted by molar-refractivity contribution is 0.0656. The zero-order valence-electron chi connectivity index (χ0n) is 17.0. The molecule has 0 fully saturated rings. The first-order chi connectivity index (χ1) is 14.0. The number of nitrogens with one attached hydrogen (secondary N) is 1. The number of rotatable bonds is 9. The van der Waals surface area contributed by atoms with Gasteiger partial charge in [0.25, 0.3) is 17.7 Å². The Balaban J connectivity index is 1.64. The highest BCUT2D eigenvalue weighted by Gasteiger charge is 2.35. The van der Waals surface area contributed by atoms with Gasteiger partial charge in [-0.05, 0) is 43.3 Å². The molecule has 0 aliphatic carbocycles. The van der Waals surface area contributed by atoms with Crippen molar-refractivity contribution < 1.29 is 14.4 Å². The van der Waals surface area contributed by atoms with Gasteiger partial charge in [0.2, 0.25) is 0 Å². The lowest BCUT2D eigenvalue weighted by atomic mass is 10.1. The maximum Gasteiger partial charge on any atom is 0.261 e. The van der Waals surface area contributed by atoms with E-state index in [1.807, 2.05) is 30.3 Å². The predicted molar refractivity (Wildman–Crippen MR) is 112 cm³/mol. The van der Waals surface area contributed by atoms with Crippen molar-refractivity contribution in [1.82, 2.24) is 15.1 Å². The normalized spacial score (nSPS) is 13.1. The molecule has 1 N–H and O–H groups in total. The summed E-state index contributed by atoms with van der Waals surface area (Å²) in [7, 11) is 0. The van der Waals surface area contributed by atoms with Crippen LogP contribution in [-0.4, -0.2) is 60.2 Å². The van der Waals surface area contributed by atoms with Gasteiger partial charge in [0.05, 0.1) is 11.1 Å². The Morgan fingerprint density at radius 3 is 2.34 bits per heavy atom. The Labute approximate surface area is 171 Å². The molecule has 3 rings (SSSR count). The van der Waals surface area contributed by atoms with Crippen LogP contribution in [-0.2, 0) is 6.42 Å². The van der Waals surface area contributed by atoms with Gasteiger partial charge in [0.15, 0.2) is 0 Å². The van der Waals surface area contributed by atoms with E-state index < -0.39 is 0 Å². The van der Waals surface area contributed by atoms with Crippen molar-refractivity contribution in [3.63, 3.8) is 0 Å². The summed E-state index contributed by atoms with van der Waals surface area (Å²) in [5.74, 6) is -0.865. The summed E-state index contributed by atoms with van der Waals surface area (Å²) >= 11 is 0. The summed E-state index contributed by atoms with van der Waals surface area (Å²) in [4.78, 5) is 41.3. The maximum absolute atomic E-state index is 12.8. The summed E-state index contributed by atoms with van der Waals surface area (Å²) in [5.41, 5.74) is 2.13. The number of carbonyl (C=O) groups excluding carboxylic acids is 3. The van der Waals surface area contributed by atoms with E-state index in [0.29, 0.717) is 36.2 Å². The van der Waals surface area contributed by atoms with E-state index in [9.17, 15) is 14.4 Å². The highest BCUT2D eigenvalue weighted by molar-refractivity contribution is 6.22. The van der Waals surface area contributed by atoms with Crippen molar-refractivity contribution in [2.75, 3.05) is 32.7 Å². The second-order valence-electron chi connectivity index (χ2n) is 7.04. The smallest absolute Gasteiger partial charge is 0.261 e. The molecule has 152 valence electrons. The van der Waals surface area contributed by atoms with Crippen LogP contribution in [0.15, 0.2) is 48.5 Å². The van der Waals surface area contributed by atoms with Gasteiger partial charge in [-0.2, -0.15) is 0 Å². The minimum absolute atomic E-state index is 0.233. The molecule has 1 heterocycles. The van der Waals surface area contributed by atoms with Crippen LogP contribution >= 0.6 is 0 Å². The molecular weight excluding hydrogens is 366 g/mol. The molecule has 2 aromatic rings. The number of hydrogen-bond acceptors (Lipinski definition) is 4. The van der Waals surface area contributed by atoms with Crippen LogP contribution in [0.3, 0.4) is 0 Å². The van der Waals surface area contributed by atoms with Crippen LogP contribution in [0, 0.1) is 0 Å². The lowest BCUT2D eigenvalue weighted by Gasteiger charge is -2.18. The topological polar surface area (TPSA) is 69.7 Å². The summed E-state index contributed by atoms with van der Waals surface area (Å²) in [5, 5.41) is 2.88. The van der Waals surface area contributed by atoms with Crippen LogP contribution in [0.25, 0.3) is 0 Å². The zero-order chi connectivity index (χ0) is 20.8. The van der Waals surface area contributed by atoms with E-state index in [2.05, 4.69) is 24.1 Å². The standard InChI is InChI=1S/C23H27N3O3/c1-3-25(4-2)15-13-24-21(27)18-10-11-19-20(16-18)23(29)26(22(19)28)14-12-17-8-6-5-7-9-17/h5-11,16H,3-4,12-15H2,1-2H3,(H,24,27). The zero-order valence-corrected chi connectivity index (χ0v) is 17.0. The SMILES string of the molecule is CCN(CC)CCNC(=O)c1ccc2c(c1)C(=O)N(CCc1ccccc1)C2=O. The van der Waals surface area contributed by atoms with Crippen molar-refractivity contribution in [3.05, 3.63) is 70.8 Å². The molecule has 0 spiro atoms. The second kappa shape index (κ2) is 9.47. The van der Waals surface area contributed by atoms with Crippen LogP contribution in [0.5, 0.6) is 0 Å². The average molecular weight is 393 g/mol. The molecule has 29 heavy (non-hydrogen) atoms. The van der Waals surface area contributed by atoms with Gasteiger partial charge in [-0.25, -0.2) is 0 Å². The van der Waals surface area contributed by atoms with Gasteiger partial charge >= 0.3 is 0 Å². The first kappa shape index (κ1) is 20.7. The Morgan fingerprint density at radius 2 is 1.66 bits per heavy atom. The number of fused-ring (bicyclic) bond motifs is 1. The molecule has 0 radical (unpaired) electrons. The second-order valence-corrected chi connectivity index (χ2v) is 7.04. The van der Waals surface area contributed by atoms with Crippen LogP contribution in [0.1, 0.15) is 50.5 Å². The van der Waals surface area contributed by atoms with E-state index in [4.69, 9.17) is 0 Å². The van der Waals surface area contributed by atoms with Gasteiger partial charge < -0.3 is 10.2 Å². The summed E-state index contributed by atoms with van der Waals surface area (Å²) in [6, 6.07) is 14.5. The Kier molecular flexibility index (Phi) is 6.77. The highest BCUT2D eigenvalue weighted by atomic mass is 16.2. The van der Waals surface area contributed by atoms with E-state index in [0.717, 1.165) is 25.2 Å².